The number of aliphatic imine (C=N–C) groups is 3. The molecule has 12 heteroatoms. The standard InChI is InChI=1S/C28H21Cl2N7O3/c29-21-2-1-3-22(30)20(21)15-34-28-36-26(31-10-8-16-4-7-24(39)25(40)12-16)35-27(37-28)32-11-9-17-14-33-23-6-5-18(38)13-19(17)23/h1-7,10-15,33,38-40H,8-9H2/b31-10+,32-11+,34-15+. The molecule has 0 unspecified atom stereocenters. The SMILES string of the molecule is Oc1ccc2[nH]cc(C/C=N/c3nc(/N=C/Cc4ccc(O)c(O)c4)nc(/N=C/c4c(Cl)cccc4Cl)n3)c2c1. The molecule has 0 amide bonds. The highest BCUT2D eigenvalue weighted by atomic mass is 35.5. The predicted octanol–water partition coefficient (Wildman–Crippen LogP) is 6.42. The van der Waals surface area contributed by atoms with Crippen LogP contribution in [0.15, 0.2) is 75.8 Å². The van der Waals surface area contributed by atoms with Gasteiger partial charge in [-0.1, -0.05) is 35.3 Å². The Morgan fingerprint density at radius 2 is 1.43 bits per heavy atom. The summed E-state index contributed by atoms with van der Waals surface area (Å²) in [7, 11) is 0. The van der Waals surface area contributed by atoms with Gasteiger partial charge in [0.1, 0.15) is 5.75 Å². The average Bonchev–Trinajstić information content (AvgIpc) is 3.32. The number of phenols is 3. The smallest absolute Gasteiger partial charge is 0.256 e. The minimum absolute atomic E-state index is 0.0459. The second kappa shape index (κ2) is 11.9. The molecule has 0 saturated heterocycles. The van der Waals surface area contributed by atoms with E-state index in [1.165, 1.54) is 18.3 Å². The van der Waals surface area contributed by atoms with Gasteiger partial charge in [-0.2, -0.15) is 15.0 Å². The lowest BCUT2D eigenvalue weighted by Gasteiger charge is -2.02. The van der Waals surface area contributed by atoms with E-state index in [9.17, 15) is 15.3 Å². The first-order valence-corrected chi connectivity index (χ1v) is 12.7. The zero-order valence-corrected chi connectivity index (χ0v) is 22.2. The molecule has 2 heterocycles. The highest BCUT2D eigenvalue weighted by molar-refractivity contribution is 6.38. The van der Waals surface area contributed by atoms with Crippen molar-refractivity contribution in [3.05, 3.63) is 87.5 Å². The van der Waals surface area contributed by atoms with Crippen molar-refractivity contribution in [1.82, 2.24) is 19.9 Å². The normalized spacial score (nSPS) is 11.9. The minimum Gasteiger partial charge on any atom is -0.508 e. The van der Waals surface area contributed by atoms with E-state index in [2.05, 4.69) is 34.9 Å². The van der Waals surface area contributed by atoms with Gasteiger partial charge in [-0.15, -0.1) is 0 Å². The van der Waals surface area contributed by atoms with Gasteiger partial charge in [0.2, 0.25) is 0 Å². The number of aromatic nitrogens is 4. The Morgan fingerprint density at radius 3 is 2.12 bits per heavy atom. The van der Waals surface area contributed by atoms with E-state index < -0.39 is 0 Å². The van der Waals surface area contributed by atoms with E-state index in [1.807, 2.05) is 6.20 Å². The third-order valence-corrected chi connectivity index (χ3v) is 6.41. The third kappa shape index (κ3) is 6.42. The molecule has 0 aliphatic carbocycles. The number of nitrogens with one attached hydrogen (secondary N) is 1. The Kier molecular flexibility index (Phi) is 7.99. The van der Waals surface area contributed by atoms with Gasteiger partial charge in [-0.05, 0) is 53.6 Å². The fraction of sp³-hybridized carbons (Fsp3) is 0.0714. The Bertz CT molecular complexity index is 1760. The van der Waals surface area contributed by atoms with Gasteiger partial charge in [-0.25, -0.2) is 15.0 Å². The number of H-pyrrole nitrogens is 1. The molecule has 0 spiro atoms. The van der Waals surface area contributed by atoms with E-state index in [0.29, 0.717) is 28.5 Å². The first kappa shape index (κ1) is 26.8. The predicted molar refractivity (Wildman–Crippen MR) is 157 cm³/mol. The average molecular weight is 574 g/mol. The molecule has 0 fully saturated rings. The molecule has 4 N–H and O–H groups in total. The molecule has 0 atom stereocenters. The number of hydrogen-bond acceptors (Lipinski definition) is 9. The summed E-state index contributed by atoms with van der Waals surface area (Å²) >= 11 is 12.5. The monoisotopic (exact) mass is 573 g/mol. The Labute approximate surface area is 238 Å². The van der Waals surface area contributed by atoms with E-state index in [-0.39, 0.29) is 35.1 Å². The number of phenolic OH excluding ortho intramolecular Hbond substituents is 3. The van der Waals surface area contributed by atoms with Gasteiger partial charge in [0.25, 0.3) is 17.8 Å². The largest absolute Gasteiger partial charge is 0.508 e. The van der Waals surface area contributed by atoms with Crippen molar-refractivity contribution in [2.75, 3.05) is 0 Å². The summed E-state index contributed by atoms with van der Waals surface area (Å²) in [6, 6.07) is 14.7. The number of rotatable bonds is 8. The van der Waals surface area contributed by atoms with Crippen LogP contribution in [0.5, 0.6) is 17.2 Å². The topological polar surface area (TPSA) is 152 Å². The molecule has 0 aliphatic heterocycles. The second-order valence-electron chi connectivity index (χ2n) is 8.53. The molecule has 0 saturated carbocycles. The summed E-state index contributed by atoms with van der Waals surface area (Å²) in [5.41, 5.74) is 3.07. The van der Waals surface area contributed by atoms with Crippen molar-refractivity contribution in [3.8, 4) is 17.2 Å². The molecule has 5 rings (SSSR count). The lowest BCUT2D eigenvalue weighted by atomic mass is 10.1. The molecule has 0 radical (unpaired) electrons. The van der Waals surface area contributed by atoms with Crippen molar-refractivity contribution < 1.29 is 15.3 Å². The lowest BCUT2D eigenvalue weighted by molar-refractivity contribution is 0.403. The quantitative estimate of drug-likeness (QED) is 0.124. The molecule has 2 aromatic heterocycles. The maximum absolute atomic E-state index is 9.83. The summed E-state index contributed by atoms with van der Waals surface area (Å²) in [6.07, 6.45) is 7.31. The van der Waals surface area contributed by atoms with Crippen LogP contribution in [0.3, 0.4) is 0 Å². The van der Waals surface area contributed by atoms with Gasteiger partial charge >= 0.3 is 0 Å². The van der Waals surface area contributed by atoms with Crippen LogP contribution in [0.4, 0.5) is 17.8 Å². The third-order valence-electron chi connectivity index (χ3n) is 5.75. The number of fused-ring (bicyclic) bond motifs is 1. The highest BCUT2D eigenvalue weighted by Gasteiger charge is 2.08. The molecule has 200 valence electrons. The van der Waals surface area contributed by atoms with Crippen LogP contribution in [0.25, 0.3) is 10.9 Å². The molecule has 5 aromatic rings. The number of hydrogen-bond donors (Lipinski definition) is 4. The fourth-order valence-corrected chi connectivity index (χ4v) is 4.26. The Morgan fingerprint density at radius 1 is 0.750 bits per heavy atom. The number of benzene rings is 3. The molecule has 40 heavy (non-hydrogen) atoms. The number of aromatic amines is 1. The summed E-state index contributed by atoms with van der Waals surface area (Å²) in [4.78, 5) is 29.1. The molecule has 0 aliphatic rings. The van der Waals surface area contributed by atoms with Crippen LogP contribution in [-0.4, -0.2) is 53.9 Å². The van der Waals surface area contributed by atoms with Crippen LogP contribution >= 0.6 is 23.2 Å². The summed E-state index contributed by atoms with van der Waals surface area (Å²) in [5.74, 6) is -0.0447. The zero-order valence-electron chi connectivity index (χ0n) is 20.7. The van der Waals surface area contributed by atoms with Crippen molar-refractivity contribution in [2.45, 2.75) is 12.8 Å². The Balaban J connectivity index is 1.41. The van der Waals surface area contributed by atoms with Crippen molar-refractivity contribution in [2.24, 2.45) is 15.0 Å². The highest BCUT2D eigenvalue weighted by Crippen LogP contribution is 2.26. The summed E-state index contributed by atoms with van der Waals surface area (Å²) < 4.78 is 0. The first-order valence-electron chi connectivity index (χ1n) is 11.9. The van der Waals surface area contributed by atoms with Crippen LogP contribution in [0.2, 0.25) is 10.0 Å². The number of nitrogens with zero attached hydrogens (tertiary/aromatic N) is 6. The lowest BCUT2D eigenvalue weighted by Crippen LogP contribution is -1.92. The number of aromatic hydroxyl groups is 3. The van der Waals surface area contributed by atoms with Gasteiger partial charge in [-0.3, -0.25) is 0 Å². The van der Waals surface area contributed by atoms with Crippen molar-refractivity contribution in [3.63, 3.8) is 0 Å². The van der Waals surface area contributed by atoms with Crippen LogP contribution < -0.4 is 0 Å². The van der Waals surface area contributed by atoms with E-state index in [0.717, 1.165) is 22.0 Å². The fourth-order valence-electron chi connectivity index (χ4n) is 3.76. The summed E-state index contributed by atoms with van der Waals surface area (Å²) in [6.45, 7) is 0. The molecular formula is C28H21Cl2N7O3. The van der Waals surface area contributed by atoms with Crippen molar-refractivity contribution >= 4 is 70.6 Å². The zero-order chi connectivity index (χ0) is 28.1. The van der Waals surface area contributed by atoms with Gasteiger partial charge in [0.05, 0.1) is 10.0 Å². The molecule has 10 nitrogen and oxygen atoms in total. The maximum atomic E-state index is 9.83. The number of halogens is 2. The van der Waals surface area contributed by atoms with Gasteiger partial charge < -0.3 is 20.3 Å². The second-order valence-corrected chi connectivity index (χ2v) is 9.34. The molecule has 3 aromatic carbocycles. The van der Waals surface area contributed by atoms with E-state index >= 15 is 0 Å². The minimum atomic E-state index is -0.219. The van der Waals surface area contributed by atoms with Crippen LogP contribution in [0.1, 0.15) is 16.7 Å². The van der Waals surface area contributed by atoms with Gasteiger partial charge in [0, 0.05) is 54.1 Å². The van der Waals surface area contributed by atoms with E-state index in [1.54, 1.807) is 54.9 Å². The van der Waals surface area contributed by atoms with Crippen LogP contribution in [0, 0.1) is 0 Å². The first-order chi connectivity index (χ1) is 19.4. The Hall–Kier alpha value is -4.80. The van der Waals surface area contributed by atoms with Crippen molar-refractivity contribution in [1.29, 1.82) is 0 Å². The summed E-state index contributed by atoms with van der Waals surface area (Å²) in [5, 5.41) is 30.8. The maximum Gasteiger partial charge on any atom is 0.256 e. The molecule has 0 bridgehead atoms. The van der Waals surface area contributed by atoms with E-state index in [4.69, 9.17) is 23.2 Å². The molecular weight excluding hydrogens is 553 g/mol. The van der Waals surface area contributed by atoms with Crippen LogP contribution in [-0.2, 0) is 12.8 Å². The van der Waals surface area contributed by atoms with Gasteiger partial charge in [0.15, 0.2) is 11.5 Å².